The molecule has 2 aromatic carbocycles. The predicted octanol–water partition coefficient (Wildman–Crippen LogP) is 2.81. The number of carbonyl (C=O) groups is 3. The molecule has 1 unspecified atom stereocenters. The Morgan fingerprint density at radius 1 is 1.03 bits per heavy atom. The number of amides is 2. The Morgan fingerprint density at radius 2 is 1.68 bits per heavy atom. The third-order valence-corrected chi connectivity index (χ3v) is 6.27. The number of allylic oxidation sites excluding steroid dienone is 1. The lowest BCUT2D eigenvalue weighted by Crippen LogP contribution is -2.41. The van der Waals surface area contributed by atoms with Gasteiger partial charge in [0, 0.05) is 18.5 Å². The Balaban J connectivity index is 1.22. The summed E-state index contributed by atoms with van der Waals surface area (Å²) in [6, 6.07) is 15.7. The van der Waals surface area contributed by atoms with Crippen LogP contribution in [0.5, 0.6) is 0 Å². The minimum Gasteiger partial charge on any atom is -0.481 e. The zero-order valence-corrected chi connectivity index (χ0v) is 18.6. The molecule has 2 amide bonds. The number of carboxylic acids is 1. The average Bonchev–Trinajstić information content (AvgIpc) is 3.15. The molecule has 34 heavy (non-hydrogen) atoms. The van der Waals surface area contributed by atoms with E-state index in [1.165, 1.54) is 0 Å². The first-order valence-corrected chi connectivity index (χ1v) is 11.4. The molecule has 2 aromatic rings. The number of aliphatic carboxylic acids is 1. The molecule has 0 fully saturated rings. The lowest BCUT2D eigenvalue weighted by molar-refractivity contribution is -0.142. The van der Waals surface area contributed by atoms with Crippen molar-refractivity contribution in [2.75, 3.05) is 13.2 Å². The van der Waals surface area contributed by atoms with Gasteiger partial charge in [0.05, 0.1) is 18.4 Å². The number of carbonyl (C=O) groups excluding carboxylic acids is 2. The molecule has 8 nitrogen and oxygen atoms in total. The van der Waals surface area contributed by atoms with E-state index in [-0.39, 0.29) is 31.5 Å². The molecule has 3 atom stereocenters. The van der Waals surface area contributed by atoms with E-state index in [0.717, 1.165) is 22.3 Å². The molecule has 0 saturated heterocycles. The van der Waals surface area contributed by atoms with E-state index in [1.807, 2.05) is 36.4 Å². The lowest BCUT2D eigenvalue weighted by Gasteiger charge is -2.23. The second-order valence-corrected chi connectivity index (χ2v) is 8.67. The zero-order valence-electron chi connectivity index (χ0n) is 18.6. The molecular weight excluding hydrogens is 436 g/mol. The second kappa shape index (κ2) is 10.5. The SMILES string of the molecule is O=C(CC(O)CNC(=O)OCC1c2ccccc2-c2ccccc21)N[C@@H]1C=CC[C@@H](C(=O)O)C1. The van der Waals surface area contributed by atoms with Crippen LogP contribution in [0.1, 0.15) is 36.3 Å². The minimum absolute atomic E-state index is 0.0629. The van der Waals surface area contributed by atoms with Gasteiger partial charge in [-0.3, -0.25) is 9.59 Å². The molecule has 4 N–H and O–H groups in total. The number of rotatable bonds is 8. The largest absolute Gasteiger partial charge is 0.481 e. The first-order chi connectivity index (χ1) is 16.4. The quantitative estimate of drug-likeness (QED) is 0.445. The number of aliphatic hydroxyl groups is 1. The monoisotopic (exact) mass is 464 g/mol. The third-order valence-electron chi connectivity index (χ3n) is 6.27. The van der Waals surface area contributed by atoms with E-state index < -0.39 is 30.0 Å². The van der Waals surface area contributed by atoms with Gasteiger partial charge in [0.15, 0.2) is 0 Å². The van der Waals surface area contributed by atoms with Gasteiger partial charge in [-0.1, -0.05) is 60.7 Å². The van der Waals surface area contributed by atoms with Crippen LogP contribution >= 0.6 is 0 Å². The van der Waals surface area contributed by atoms with Gasteiger partial charge in [-0.2, -0.15) is 0 Å². The average molecular weight is 465 g/mol. The van der Waals surface area contributed by atoms with Crippen molar-refractivity contribution in [3.63, 3.8) is 0 Å². The number of hydrogen-bond donors (Lipinski definition) is 4. The summed E-state index contributed by atoms with van der Waals surface area (Å²) in [5.41, 5.74) is 4.48. The van der Waals surface area contributed by atoms with Gasteiger partial charge in [0.2, 0.25) is 5.91 Å². The van der Waals surface area contributed by atoms with Crippen LogP contribution in [0, 0.1) is 5.92 Å². The van der Waals surface area contributed by atoms with Crippen LogP contribution in [-0.2, 0) is 14.3 Å². The summed E-state index contributed by atoms with van der Waals surface area (Å²) >= 11 is 0. The summed E-state index contributed by atoms with van der Waals surface area (Å²) in [4.78, 5) is 35.5. The van der Waals surface area contributed by atoms with Crippen LogP contribution in [0.3, 0.4) is 0 Å². The predicted molar refractivity (Wildman–Crippen MR) is 125 cm³/mol. The maximum Gasteiger partial charge on any atom is 0.407 e. The fourth-order valence-electron chi connectivity index (χ4n) is 4.60. The number of benzene rings is 2. The maximum absolute atomic E-state index is 12.2. The topological polar surface area (TPSA) is 125 Å². The van der Waals surface area contributed by atoms with Crippen molar-refractivity contribution >= 4 is 18.0 Å². The standard InChI is InChI=1S/C26H28N2O6/c29-18(13-24(30)28-17-7-5-6-16(12-17)25(31)32)14-27-26(33)34-15-23-21-10-3-1-8-19(21)20-9-2-4-11-22(20)23/h1-5,7-11,16-18,23,29H,6,12-15H2,(H,27,33)(H,28,30)(H,31,32)/t16-,17-,18?/m1/s1. The van der Waals surface area contributed by atoms with Crippen LogP contribution in [0.25, 0.3) is 11.1 Å². The zero-order chi connectivity index (χ0) is 24.1. The molecule has 0 aromatic heterocycles. The van der Waals surface area contributed by atoms with Gasteiger partial charge in [0.25, 0.3) is 0 Å². The summed E-state index contributed by atoms with van der Waals surface area (Å²) in [6.07, 6.45) is 2.27. The van der Waals surface area contributed by atoms with E-state index in [9.17, 15) is 19.5 Å². The van der Waals surface area contributed by atoms with E-state index in [0.29, 0.717) is 12.8 Å². The normalized spacial score (nSPS) is 19.6. The van der Waals surface area contributed by atoms with Crippen molar-refractivity contribution in [3.8, 4) is 11.1 Å². The number of hydrogen-bond acceptors (Lipinski definition) is 5. The van der Waals surface area contributed by atoms with Gasteiger partial charge in [-0.15, -0.1) is 0 Å². The van der Waals surface area contributed by atoms with Gasteiger partial charge in [-0.05, 0) is 35.1 Å². The molecule has 0 bridgehead atoms. The van der Waals surface area contributed by atoms with Gasteiger partial charge in [0.1, 0.15) is 6.61 Å². The van der Waals surface area contributed by atoms with Gasteiger partial charge >= 0.3 is 12.1 Å². The highest BCUT2D eigenvalue weighted by Gasteiger charge is 2.29. The van der Waals surface area contributed by atoms with Crippen molar-refractivity contribution in [1.82, 2.24) is 10.6 Å². The van der Waals surface area contributed by atoms with Gasteiger partial charge in [-0.25, -0.2) is 4.79 Å². The van der Waals surface area contributed by atoms with E-state index in [2.05, 4.69) is 22.8 Å². The molecule has 0 heterocycles. The Labute approximate surface area is 197 Å². The fourth-order valence-corrected chi connectivity index (χ4v) is 4.60. The molecule has 8 heteroatoms. The number of carboxylic acid groups (broad SMARTS) is 1. The van der Waals surface area contributed by atoms with Gasteiger partial charge < -0.3 is 25.6 Å². The van der Waals surface area contributed by atoms with E-state index in [1.54, 1.807) is 12.2 Å². The smallest absolute Gasteiger partial charge is 0.407 e. The molecule has 0 aliphatic heterocycles. The minimum atomic E-state index is -1.09. The van der Waals surface area contributed by atoms with E-state index in [4.69, 9.17) is 9.84 Å². The molecule has 4 rings (SSSR count). The Hall–Kier alpha value is -3.65. The molecule has 0 radical (unpaired) electrons. The highest BCUT2D eigenvalue weighted by atomic mass is 16.5. The number of nitrogens with one attached hydrogen (secondary N) is 2. The number of ether oxygens (including phenoxy) is 1. The fraction of sp³-hybridized carbons (Fsp3) is 0.346. The number of fused-ring (bicyclic) bond motifs is 3. The molecule has 0 spiro atoms. The Morgan fingerprint density at radius 3 is 2.32 bits per heavy atom. The molecule has 2 aliphatic rings. The third kappa shape index (κ3) is 5.46. The van der Waals surface area contributed by atoms with E-state index >= 15 is 0 Å². The number of aliphatic hydroxyl groups excluding tert-OH is 1. The highest BCUT2D eigenvalue weighted by Crippen LogP contribution is 2.44. The molecule has 178 valence electrons. The highest BCUT2D eigenvalue weighted by molar-refractivity contribution is 5.79. The summed E-state index contributed by atoms with van der Waals surface area (Å²) in [7, 11) is 0. The molecule has 2 aliphatic carbocycles. The summed E-state index contributed by atoms with van der Waals surface area (Å²) in [6.45, 7) is 0.0253. The first kappa shape index (κ1) is 23.5. The van der Waals surface area contributed by atoms with Crippen molar-refractivity contribution < 1.29 is 29.3 Å². The van der Waals surface area contributed by atoms with Crippen LogP contribution in [-0.4, -0.2) is 53.5 Å². The summed E-state index contributed by atoms with van der Waals surface area (Å²) < 4.78 is 5.42. The van der Waals surface area contributed by atoms with Crippen LogP contribution in [0.2, 0.25) is 0 Å². The molecule has 0 saturated carbocycles. The second-order valence-electron chi connectivity index (χ2n) is 8.67. The van der Waals surface area contributed by atoms with Crippen LogP contribution in [0.15, 0.2) is 60.7 Å². The Bertz CT molecular complexity index is 1050. The van der Waals surface area contributed by atoms with Crippen LogP contribution in [0.4, 0.5) is 4.79 Å². The van der Waals surface area contributed by atoms with Crippen molar-refractivity contribution in [3.05, 3.63) is 71.8 Å². The van der Waals surface area contributed by atoms with Crippen molar-refractivity contribution in [2.24, 2.45) is 5.92 Å². The number of alkyl carbamates (subject to hydrolysis) is 1. The molecular formula is C26H28N2O6. The van der Waals surface area contributed by atoms with Crippen LogP contribution < -0.4 is 10.6 Å². The van der Waals surface area contributed by atoms with Crippen molar-refractivity contribution in [1.29, 1.82) is 0 Å². The first-order valence-electron chi connectivity index (χ1n) is 11.4. The summed E-state index contributed by atoms with van der Waals surface area (Å²) in [5.74, 6) is -1.90. The lowest BCUT2D eigenvalue weighted by atomic mass is 9.91. The Kier molecular flexibility index (Phi) is 7.27. The maximum atomic E-state index is 12.2. The summed E-state index contributed by atoms with van der Waals surface area (Å²) in [5, 5.41) is 24.5. The van der Waals surface area contributed by atoms with Crippen molar-refractivity contribution in [2.45, 2.75) is 37.3 Å².